The van der Waals surface area contributed by atoms with Crippen molar-refractivity contribution in [1.82, 2.24) is 4.90 Å². The summed E-state index contributed by atoms with van der Waals surface area (Å²) in [6.07, 6.45) is 8.35. The summed E-state index contributed by atoms with van der Waals surface area (Å²) in [5.74, 6) is 0.745. The molecule has 1 saturated carbocycles. The summed E-state index contributed by atoms with van der Waals surface area (Å²) in [6, 6.07) is 0. The van der Waals surface area contributed by atoms with Gasteiger partial charge in [0.05, 0.1) is 12.2 Å². The number of likely N-dealkylation sites (tertiary alicyclic amines) is 1. The summed E-state index contributed by atoms with van der Waals surface area (Å²) in [7, 11) is 0. The Bertz CT molecular complexity index is 361. The highest BCUT2D eigenvalue weighted by Gasteiger charge is 2.34. The van der Waals surface area contributed by atoms with Gasteiger partial charge in [0.2, 0.25) is 0 Å². The van der Waals surface area contributed by atoms with Crippen LogP contribution >= 0.6 is 0 Å². The molecule has 0 spiro atoms. The molecule has 1 aliphatic heterocycles. The number of piperidine rings is 1. The molecule has 0 radical (unpaired) electrons. The quantitative estimate of drug-likeness (QED) is 0.776. The van der Waals surface area contributed by atoms with Gasteiger partial charge in [-0.3, -0.25) is 0 Å². The van der Waals surface area contributed by atoms with Gasteiger partial charge in [0.1, 0.15) is 5.60 Å². The van der Waals surface area contributed by atoms with Crippen LogP contribution in [0.5, 0.6) is 0 Å². The third kappa shape index (κ3) is 5.45. The molecule has 0 bridgehead atoms. The van der Waals surface area contributed by atoms with E-state index in [1.54, 1.807) is 0 Å². The van der Waals surface area contributed by atoms with Gasteiger partial charge in [-0.05, 0) is 59.3 Å². The van der Waals surface area contributed by atoms with E-state index in [1.807, 2.05) is 25.7 Å². The third-order valence-electron chi connectivity index (χ3n) is 4.87. The highest BCUT2D eigenvalue weighted by molar-refractivity contribution is 5.68. The zero-order chi connectivity index (χ0) is 16.2. The molecule has 0 N–H and O–H groups in total. The van der Waals surface area contributed by atoms with Crippen molar-refractivity contribution in [3.8, 4) is 0 Å². The second kappa shape index (κ2) is 7.20. The summed E-state index contributed by atoms with van der Waals surface area (Å²) in [5.41, 5.74) is -0.495. The van der Waals surface area contributed by atoms with Crippen LogP contribution in [0.2, 0.25) is 0 Å². The Morgan fingerprint density at radius 2 is 1.73 bits per heavy atom. The predicted octanol–water partition coefficient (Wildman–Crippen LogP) is 4.37. The molecule has 1 aliphatic carbocycles. The van der Waals surface area contributed by atoms with Crippen LogP contribution < -0.4 is 0 Å². The van der Waals surface area contributed by atoms with Crippen LogP contribution in [0.15, 0.2) is 0 Å². The van der Waals surface area contributed by atoms with E-state index in [-0.39, 0.29) is 11.7 Å². The molecule has 0 aromatic rings. The highest BCUT2D eigenvalue weighted by Crippen LogP contribution is 2.30. The number of carbonyl (C=O) groups is 1. The molecule has 2 aliphatic rings. The Morgan fingerprint density at radius 3 is 2.27 bits per heavy atom. The summed E-state index contributed by atoms with van der Waals surface area (Å²) in [4.78, 5) is 13.9. The van der Waals surface area contributed by atoms with Gasteiger partial charge in [-0.2, -0.15) is 0 Å². The van der Waals surface area contributed by atoms with E-state index in [4.69, 9.17) is 9.47 Å². The van der Waals surface area contributed by atoms with Crippen molar-refractivity contribution in [2.24, 2.45) is 5.92 Å². The first-order chi connectivity index (χ1) is 10.3. The van der Waals surface area contributed by atoms with Gasteiger partial charge in [-0.25, -0.2) is 4.79 Å². The number of ether oxygens (including phenoxy) is 2. The zero-order valence-corrected chi connectivity index (χ0v) is 14.8. The van der Waals surface area contributed by atoms with Crippen molar-refractivity contribution >= 4 is 6.09 Å². The first-order valence-corrected chi connectivity index (χ1v) is 8.89. The van der Waals surface area contributed by atoms with E-state index in [1.165, 1.54) is 32.1 Å². The van der Waals surface area contributed by atoms with Crippen LogP contribution in [-0.2, 0) is 9.47 Å². The van der Waals surface area contributed by atoms with Gasteiger partial charge < -0.3 is 14.4 Å². The molecule has 2 fully saturated rings. The maximum atomic E-state index is 12.1. The molecule has 1 heterocycles. The lowest BCUT2D eigenvalue weighted by Crippen LogP contribution is -2.48. The minimum absolute atomic E-state index is 0.0735. The fourth-order valence-electron chi connectivity index (χ4n) is 3.31. The van der Waals surface area contributed by atoms with Gasteiger partial charge in [0.25, 0.3) is 0 Å². The fraction of sp³-hybridized carbons (Fsp3) is 0.944. The molecule has 1 amide bonds. The largest absolute Gasteiger partial charge is 0.444 e. The summed E-state index contributed by atoms with van der Waals surface area (Å²) < 4.78 is 11.7. The average molecular weight is 311 g/mol. The molecule has 0 atom stereocenters. The van der Waals surface area contributed by atoms with Gasteiger partial charge in [0, 0.05) is 13.1 Å². The van der Waals surface area contributed by atoms with Gasteiger partial charge in [0.15, 0.2) is 0 Å². The maximum absolute atomic E-state index is 12.1. The topological polar surface area (TPSA) is 38.8 Å². The zero-order valence-electron chi connectivity index (χ0n) is 14.8. The molecule has 128 valence electrons. The minimum atomic E-state index is -0.421. The van der Waals surface area contributed by atoms with Crippen LogP contribution in [0.1, 0.15) is 72.6 Å². The average Bonchev–Trinajstić information content (AvgIpc) is 2.45. The van der Waals surface area contributed by atoms with Crippen LogP contribution in [-0.4, -0.2) is 41.9 Å². The van der Waals surface area contributed by atoms with E-state index in [9.17, 15) is 4.79 Å². The Hall–Kier alpha value is -0.770. The Labute approximate surface area is 135 Å². The molecule has 0 unspecified atom stereocenters. The molecule has 1 saturated heterocycles. The van der Waals surface area contributed by atoms with Crippen molar-refractivity contribution in [1.29, 1.82) is 0 Å². The number of hydrogen-bond donors (Lipinski definition) is 0. The van der Waals surface area contributed by atoms with Crippen molar-refractivity contribution in [3.63, 3.8) is 0 Å². The van der Waals surface area contributed by atoms with E-state index < -0.39 is 5.60 Å². The lowest BCUT2D eigenvalue weighted by atomic mass is 9.89. The monoisotopic (exact) mass is 311 g/mol. The molecular formula is C18H33NO3. The van der Waals surface area contributed by atoms with Gasteiger partial charge in [-0.15, -0.1) is 0 Å². The van der Waals surface area contributed by atoms with Crippen molar-refractivity contribution in [2.45, 2.75) is 83.8 Å². The van der Waals surface area contributed by atoms with E-state index in [0.29, 0.717) is 0 Å². The standard InChI is InChI=1S/C18H33NO3/c1-17(2,3)22-16(20)19-12-10-18(4,11-13-19)21-14-15-8-6-5-7-9-15/h15H,5-14H2,1-4H3. The number of rotatable bonds is 3. The number of hydrogen-bond acceptors (Lipinski definition) is 3. The summed E-state index contributed by atoms with van der Waals surface area (Å²) in [5, 5.41) is 0. The van der Waals surface area contributed by atoms with Crippen LogP contribution in [0.25, 0.3) is 0 Å². The minimum Gasteiger partial charge on any atom is -0.444 e. The molecule has 4 nitrogen and oxygen atoms in total. The van der Waals surface area contributed by atoms with Crippen LogP contribution in [0.3, 0.4) is 0 Å². The summed E-state index contributed by atoms with van der Waals surface area (Å²) >= 11 is 0. The van der Waals surface area contributed by atoms with Gasteiger partial charge >= 0.3 is 6.09 Å². The lowest BCUT2D eigenvalue weighted by molar-refractivity contribution is -0.0867. The fourth-order valence-corrected chi connectivity index (χ4v) is 3.31. The van der Waals surface area contributed by atoms with E-state index in [0.717, 1.165) is 38.5 Å². The lowest BCUT2D eigenvalue weighted by Gasteiger charge is -2.40. The van der Waals surface area contributed by atoms with Crippen LogP contribution in [0, 0.1) is 5.92 Å². The molecular weight excluding hydrogens is 278 g/mol. The normalized spacial score (nSPS) is 23.4. The summed E-state index contributed by atoms with van der Waals surface area (Å²) in [6.45, 7) is 10.3. The molecule has 4 heteroatoms. The van der Waals surface area contributed by atoms with Crippen molar-refractivity contribution < 1.29 is 14.3 Å². The number of amides is 1. The van der Waals surface area contributed by atoms with E-state index >= 15 is 0 Å². The molecule has 2 rings (SSSR count). The second-order valence-corrected chi connectivity index (χ2v) is 8.23. The molecule has 0 aromatic heterocycles. The SMILES string of the molecule is CC(C)(C)OC(=O)N1CCC(C)(OCC2CCCCC2)CC1. The third-order valence-corrected chi connectivity index (χ3v) is 4.87. The maximum Gasteiger partial charge on any atom is 0.410 e. The Kier molecular flexibility index (Phi) is 5.76. The van der Waals surface area contributed by atoms with Crippen LogP contribution in [0.4, 0.5) is 4.79 Å². The second-order valence-electron chi connectivity index (χ2n) is 8.23. The van der Waals surface area contributed by atoms with Crippen molar-refractivity contribution in [3.05, 3.63) is 0 Å². The predicted molar refractivity (Wildman–Crippen MR) is 88.0 cm³/mol. The van der Waals surface area contributed by atoms with E-state index in [2.05, 4.69) is 6.92 Å². The Balaban J connectivity index is 1.74. The molecule has 22 heavy (non-hydrogen) atoms. The smallest absolute Gasteiger partial charge is 0.410 e. The Morgan fingerprint density at radius 1 is 1.14 bits per heavy atom. The number of carbonyl (C=O) groups excluding carboxylic acids is 1. The highest BCUT2D eigenvalue weighted by atomic mass is 16.6. The number of nitrogens with zero attached hydrogens (tertiary/aromatic N) is 1. The first-order valence-electron chi connectivity index (χ1n) is 8.89. The van der Waals surface area contributed by atoms with Gasteiger partial charge in [-0.1, -0.05) is 19.3 Å². The first kappa shape index (κ1) is 17.6. The van der Waals surface area contributed by atoms with Crippen molar-refractivity contribution in [2.75, 3.05) is 19.7 Å². The molecule has 0 aromatic carbocycles.